The molecule has 0 atom stereocenters. The van der Waals surface area contributed by atoms with Crippen LogP contribution in [-0.2, 0) is 13.2 Å². The molecule has 0 aromatic heterocycles. The molecule has 0 radical (unpaired) electrons. The number of nitrogens with one attached hydrogen (secondary N) is 1. The predicted molar refractivity (Wildman–Crippen MR) is 120 cm³/mol. The highest BCUT2D eigenvalue weighted by Crippen LogP contribution is 2.34. The second kappa shape index (κ2) is 10.1. The first kappa shape index (κ1) is 20.8. The van der Waals surface area contributed by atoms with Gasteiger partial charge < -0.3 is 14.8 Å². The van der Waals surface area contributed by atoms with Gasteiger partial charge in [-0.25, -0.2) is 0 Å². The smallest absolute Gasteiger partial charge is 0.163 e. The fourth-order valence-corrected chi connectivity index (χ4v) is 3.21. The van der Waals surface area contributed by atoms with E-state index in [9.17, 15) is 0 Å². The lowest BCUT2D eigenvalue weighted by Gasteiger charge is -2.16. The highest BCUT2D eigenvalue weighted by molar-refractivity contribution is 9.10. The molecule has 0 amide bonds. The molecule has 6 heteroatoms. The summed E-state index contributed by atoms with van der Waals surface area (Å²) in [5.74, 6) is 1.29. The molecule has 0 unspecified atom stereocenters. The third-order valence-electron chi connectivity index (χ3n) is 4.05. The molecular formula is C22H20BrCl2NO2. The summed E-state index contributed by atoms with van der Waals surface area (Å²) in [6.07, 6.45) is 0. The van der Waals surface area contributed by atoms with Gasteiger partial charge in [0.1, 0.15) is 6.61 Å². The third-order valence-corrected chi connectivity index (χ3v) is 5.18. The SMILES string of the molecule is CCOc1cc(CNc2ccc(Br)cc2)c(Cl)cc1OCc1ccc(Cl)cc1. The second-order valence-electron chi connectivity index (χ2n) is 6.10. The largest absolute Gasteiger partial charge is 0.490 e. The summed E-state index contributed by atoms with van der Waals surface area (Å²) in [5.41, 5.74) is 2.97. The molecule has 0 spiro atoms. The monoisotopic (exact) mass is 479 g/mol. The summed E-state index contributed by atoms with van der Waals surface area (Å²) in [6.45, 7) is 3.47. The lowest BCUT2D eigenvalue weighted by Crippen LogP contribution is -2.04. The predicted octanol–water partition coefficient (Wildman–Crippen LogP) is 7.35. The molecule has 0 aliphatic carbocycles. The van der Waals surface area contributed by atoms with Crippen LogP contribution in [-0.4, -0.2) is 6.61 Å². The van der Waals surface area contributed by atoms with Gasteiger partial charge in [-0.15, -0.1) is 0 Å². The molecule has 1 N–H and O–H groups in total. The minimum Gasteiger partial charge on any atom is -0.490 e. The fourth-order valence-electron chi connectivity index (χ4n) is 2.60. The molecule has 0 bridgehead atoms. The number of ether oxygens (including phenoxy) is 2. The molecule has 3 aromatic rings. The first-order valence-corrected chi connectivity index (χ1v) is 10.4. The first-order chi connectivity index (χ1) is 13.5. The average Bonchev–Trinajstić information content (AvgIpc) is 2.69. The van der Waals surface area contributed by atoms with Crippen molar-refractivity contribution in [1.29, 1.82) is 0 Å². The van der Waals surface area contributed by atoms with Crippen molar-refractivity contribution in [2.24, 2.45) is 0 Å². The van der Waals surface area contributed by atoms with E-state index in [0.717, 1.165) is 21.3 Å². The van der Waals surface area contributed by atoms with Crippen LogP contribution in [0.1, 0.15) is 18.1 Å². The summed E-state index contributed by atoms with van der Waals surface area (Å²) in [4.78, 5) is 0. The van der Waals surface area contributed by atoms with Crippen molar-refractivity contribution in [3.63, 3.8) is 0 Å². The number of rotatable bonds is 8. The van der Waals surface area contributed by atoms with Gasteiger partial charge in [0, 0.05) is 32.8 Å². The summed E-state index contributed by atoms with van der Waals surface area (Å²) in [5, 5.41) is 4.69. The Morgan fingerprint density at radius 1 is 0.893 bits per heavy atom. The van der Waals surface area contributed by atoms with E-state index in [1.165, 1.54) is 0 Å². The van der Waals surface area contributed by atoms with Gasteiger partial charge in [0.15, 0.2) is 11.5 Å². The van der Waals surface area contributed by atoms with Crippen molar-refractivity contribution in [3.05, 3.63) is 86.3 Å². The Balaban J connectivity index is 1.72. The summed E-state index contributed by atoms with van der Waals surface area (Å²) in [6, 6.07) is 19.3. The highest BCUT2D eigenvalue weighted by Gasteiger charge is 2.12. The molecule has 0 saturated heterocycles. The molecule has 0 fully saturated rings. The molecule has 3 aromatic carbocycles. The van der Waals surface area contributed by atoms with Gasteiger partial charge in [-0.2, -0.15) is 0 Å². The Hall–Kier alpha value is -1.88. The Kier molecular flexibility index (Phi) is 7.49. The molecular weight excluding hydrogens is 461 g/mol. The van der Waals surface area contributed by atoms with Gasteiger partial charge in [0.25, 0.3) is 0 Å². The Labute approximate surface area is 183 Å². The number of anilines is 1. The maximum Gasteiger partial charge on any atom is 0.163 e. The van der Waals surface area contributed by atoms with Crippen LogP contribution >= 0.6 is 39.1 Å². The standard InChI is InChI=1S/C22H20BrCl2NO2/c1-2-27-21-11-16(13-26-19-9-5-17(23)6-10-19)20(25)12-22(21)28-14-15-3-7-18(24)8-4-15/h3-12,26H,2,13-14H2,1H3. The summed E-state index contributed by atoms with van der Waals surface area (Å²) >= 11 is 15.9. The van der Waals surface area contributed by atoms with Crippen molar-refractivity contribution in [1.82, 2.24) is 0 Å². The van der Waals surface area contributed by atoms with Crippen LogP contribution in [0.3, 0.4) is 0 Å². The molecule has 0 aliphatic heterocycles. The molecule has 0 aliphatic rings. The number of benzene rings is 3. The zero-order chi connectivity index (χ0) is 19.9. The minimum atomic E-state index is 0.407. The van der Waals surface area contributed by atoms with Gasteiger partial charge in [0.2, 0.25) is 0 Å². The number of hydrogen-bond acceptors (Lipinski definition) is 3. The number of hydrogen-bond donors (Lipinski definition) is 1. The normalized spacial score (nSPS) is 10.6. The van der Waals surface area contributed by atoms with Gasteiger partial charge in [-0.05, 0) is 60.5 Å². The van der Waals surface area contributed by atoms with E-state index < -0.39 is 0 Å². The van der Waals surface area contributed by atoms with E-state index in [1.54, 1.807) is 6.07 Å². The first-order valence-electron chi connectivity index (χ1n) is 8.87. The third kappa shape index (κ3) is 5.81. The van der Waals surface area contributed by atoms with Gasteiger partial charge >= 0.3 is 0 Å². The quantitative estimate of drug-likeness (QED) is 0.365. The van der Waals surface area contributed by atoms with Gasteiger partial charge in [-0.3, -0.25) is 0 Å². The summed E-state index contributed by atoms with van der Waals surface area (Å²) < 4.78 is 12.8. The fraction of sp³-hybridized carbons (Fsp3) is 0.182. The Morgan fingerprint density at radius 3 is 2.25 bits per heavy atom. The zero-order valence-corrected chi connectivity index (χ0v) is 18.4. The van der Waals surface area contributed by atoms with Crippen LogP contribution in [0.5, 0.6) is 11.5 Å². The lowest BCUT2D eigenvalue weighted by molar-refractivity contribution is 0.269. The van der Waals surface area contributed by atoms with E-state index in [-0.39, 0.29) is 0 Å². The highest BCUT2D eigenvalue weighted by atomic mass is 79.9. The van der Waals surface area contributed by atoms with Crippen LogP contribution in [0.25, 0.3) is 0 Å². The maximum atomic E-state index is 6.50. The second-order valence-corrected chi connectivity index (χ2v) is 7.86. The van der Waals surface area contributed by atoms with E-state index in [4.69, 9.17) is 32.7 Å². The molecule has 0 heterocycles. The van der Waals surface area contributed by atoms with Crippen molar-refractivity contribution in [3.8, 4) is 11.5 Å². The maximum absolute atomic E-state index is 6.50. The van der Waals surface area contributed by atoms with Crippen LogP contribution in [0.2, 0.25) is 10.0 Å². The lowest BCUT2D eigenvalue weighted by atomic mass is 10.2. The molecule has 3 nitrogen and oxygen atoms in total. The molecule has 28 heavy (non-hydrogen) atoms. The van der Waals surface area contributed by atoms with Crippen molar-refractivity contribution in [2.45, 2.75) is 20.1 Å². The van der Waals surface area contributed by atoms with Crippen molar-refractivity contribution >= 4 is 44.8 Å². The Morgan fingerprint density at radius 2 is 1.57 bits per heavy atom. The molecule has 3 rings (SSSR count). The van der Waals surface area contributed by atoms with E-state index in [1.807, 2.05) is 61.5 Å². The van der Waals surface area contributed by atoms with Crippen LogP contribution in [0.4, 0.5) is 5.69 Å². The Bertz CT molecular complexity index is 915. The molecule has 146 valence electrons. The van der Waals surface area contributed by atoms with E-state index in [0.29, 0.717) is 41.3 Å². The van der Waals surface area contributed by atoms with Crippen molar-refractivity contribution < 1.29 is 9.47 Å². The van der Waals surface area contributed by atoms with E-state index in [2.05, 4.69) is 21.2 Å². The van der Waals surface area contributed by atoms with Gasteiger partial charge in [-0.1, -0.05) is 51.3 Å². The van der Waals surface area contributed by atoms with Crippen LogP contribution in [0, 0.1) is 0 Å². The van der Waals surface area contributed by atoms with E-state index >= 15 is 0 Å². The van der Waals surface area contributed by atoms with Gasteiger partial charge in [0.05, 0.1) is 6.61 Å². The topological polar surface area (TPSA) is 30.5 Å². The summed E-state index contributed by atoms with van der Waals surface area (Å²) in [7, 11) is 0. The van der Waals surface area contributed by atoms with Crippen LogP contribution in [0.15, 0.2) is 65.1 Å². The molecule has 0 saturated carbocycles. The minimum absolute atomic E-state index is 0.407. The van der Waals surface area contributed by atoms with Crippen molar-refractivity contribution in [2.75, 3.05) is 11.9 Å². The number of halogens is 3. The average molecular weight is 481 g/mol. The zero-order valence-electron chi connectivity index (χ0n) is 15.3. The van der Waals surface area contributed by atoms with Crippen LogP contribution < -0.4 is 14.8 Å².